The van der Waals surface area contributed by atoms with Gasteiger partial charge in [0.2, 0.25) is 0 Å². The van der Waals surface area contributed by atoms with Crippen LogP contribution in [0.5, 0.6) is 0 Å². The number of aliphatic imine (C=N–C) groups is 1. The number of aliphatic hydroxyl groups is 2. The van der Waals surface area contributed by atoms with Gasteiger partial charge in [-0.1, -0.05) is 36.4 Å². The molecular weight excluding hydrogens is 510 g/mol. The molecule has 2 unspecified atom stereocenters. The molecule has 184 valence electrons. The lowest BCUT2D eigenvalue weighted by Crippen LogP contribution is -2.37. The van der Waals surface area contributed by atoms with Crippen molar-refractivity contribution in [2.24, 2.45) is 10.9 Å². The van der Waals surface area contributed by atoms with Gasteiger partial charge in [-0.2, -0.15) is 9.61 Å². The minimum absolute atomic E-state index is 0.0998. The lowest BCUT2D eigenvalue weighted by Gasteiger charge is -2.34. The largest absolute Gasteiger partial charge is 0.383 e. The highest BCUT2D eigenvalue weighted by Crippen LogP contribution is 2.42. The minimum atomic E-state index is -1.47. The van der Waals surface area contributed by atoms with Gasteiger partial charge >= 0.3 is 0 Å². The third-order valence-corrected chi connectivity index (χ3v) is 8.10. The van der Waals surface area contributed by atoms with Crippen molar-refractivity contribution in [3.05, 3.63) is 63.9 Å². The quantitative estimate of drug-likeness (QED) is 0.402. The van der Waals surface area contributed by atoms with Crippen molar-refractivity contribution in [3.8, 4) is 0 Å². The maximum atomic E-state index is 9.63. The predicted molar refractivity (Wildman–Crippen MR) is 139 cm³/mol. The van der Waals surface area contributed by atoms with Crippen molar-refractivity contribution in [1.82, 2.24) is 14.6 Å². The van der Waals surface area contributed by atoms with Gasteiger partial charge in [-0.3, -0.25) is 4.99 Å². The topological polar surface area (TPSA) is 118 Å². The zero-order valence-corrected chi connectivity index (χ0v) is 21.2. The Morgan fingerprint density at radius 2 is 1.89 bits per heavy atom. The van der Waals surface area contributed by atoms with Crippen LogP contribution in [0.2, 0.25) is 0 Å². The number of benzene rings is 1. The van der Waals surface area contributed by atoms with E-state index < -0.39 is 12.4 Å². The summed E-state index contributed by atoms with van der Waals surface area (Å²) in [5.74, 6) is 0.831. The van der Waals surface area contributed by atoms with E-state index in [4.69, 9.17) is 20.4 Å². The molecule has 3 heterocycles. The van der Waals surface area contributed by atoms with Crippen LogP contribution in [0.3, 0.4) is 0 Å². The molecule has 0 saturated heterocycles. The predicted octanol–water partition coefficient (Wildman–Crippen LogP) is 4.27. The highest BCUT2D eigenvalue weighted by atomic mass is 79.9. The van der Waals surface area contributed by atoms with E-state index in [0.29, 0.717) is 5.82 Å². The smallest absolute Gasteiger partial charge is 0.178 e. The van der Waals surface area contributed by atoms with Gasteiger partial charge < -0.3 is 20.7 Å². The lowest BCUT2D eigenvalue weighted by atomic mass is 9.78. The molecule has 0 radical (unpaired) electrons. The van der Waals surface area contributed by atoms with E-state index in [1.54, 1.807) is 10.7 Å². The average molecular weight is 540 g/mol. The molecule has 1 aliphatic carbocycles. The molecule has 1 saturated carbocycles. The molecule has 2 aliphatic rings. The first-order chi connectivity index (χ1) is 17.0. The van der Waals surface area contributed by atoms with Crippen LogP contribution >= 0.6 is 15.9 Å². The van der Waals surface area contributed by atoms with Gasteiger partial charge in [-0.25, -0.2) is 4.98 Å². The number of hydrogen-bond acceptors (Lipinski definition) is 7. The van der Waals surface area contributed by atoms with Crippen molar-refractivity contribution in [2.75, 3.05) is 12.8 Å². The average Bonchev–Trinajstić information content (AvgIpc) is 3.32. The third kappa shape index (κ3) is 4.65. The summed E-state index contributed by atoms with van der Waals surface area (Å²) in [5.41, 5.74) is 11.2. The van der Waals surface area contributed by atoms with Crippen LogP contribution < -0.4 is 5.73 Å². The first-order valence-electron chi connectivity index (χ1n) is 12.0. The maximum absolute atomic E-state index is 9.63. The Morgan fingerprint density at radius 3 is 2.51 bits per heavy atom. The highest BCUT2D eigenvalue weighted by molar-refractivity contribution is 9.10. The number of nitrogens with zero attached hydrogens (tertiary/aromatic N) is 4. The van der Waals surface area contributed by atoms with Gasteiger partial charge in [0.25, 0.3) is 0 Å². The Hall–Kier alpha value is -2.59. The number of halogens is 1. The van der Waals surface area contributed by atoms with Crippen LogP contribution in [0.25, 0.3) is 11.2 Å². The molecule has 35 heavy (non-hydrogen) atoms. The monoisotopic (exact) mass is 539 g/mol. The molecule has 0 spiro atoms. The van der Waals surface area contributed by atoms with E-state index in [1.807, 2.05) is 24.4 Å². The first kappa shape index (κ1) is 24.1. The van der Waals surface area contributed by atoms with Crippen LogP contribution in [0.4, 0.5) is 5.82 Å². The van der Waals surface area contributed by atoms with Crippen LogP contribution in [0.15, 0.2) is 52.1 Å². The Bertz CT molecular complexity index is 1250. The number of aliphatic hydroxyl groups excluding tert-OH is 1. The third-order valence-electron chi connectivity index (χ3n) is 7.29. The molecule has 0 amide bonds. The summed E-state index contributed by atoms with van der Waals surface area (Å²) in [6.45, 7) is 0. The normalized spacial score (nSPS) is 23.6. The second kappa shape index (κ2) is 10.2. The summed E-state index contributed by atoms with van der Waals surface area (Å²) in [6, 6.07) is 10.4. The second-order valence-electron chi connectivity index (χ2n) is 9.32. The van der Waals surface area contributed by atoms with E-state index in [2.05, 4.69) is 39.2 Å². The van der Waals surface area contributed by atoms with Gasteiger partial charge in [0, 0.05) is 30.4 Å². The summed E-state index contributed by atoms with van der Waals surface area (Å²) in [4.78, 5) is 9.83. The van der Waals surface area contributed by atoms with Gasteiger partial charge in [-0.15, -0.1) is 0 Å². The summed E-state index contributed by atoms with van der Waals surface area (Å²) >= 11 is 3.66. The number of anilines is 1. The molecule has 2 aromatic heterocycles. The van der Waals surface area contributed by atoms with Crippen LogP contribution in [-0.2, 0) is 4.74 Å². The van der Waals surface area contributed by atoms with Crippen LogP contribution in [-0.4, -0.2) is 50.5 Å². The first-order valence-corrected chi connectivity index (χ1v) is 12.8. The Morgan fingerprint density at radius 1 is 1.14 bits per heavy atom. The molecule has 5 rings (SSSR count). The fraction of sp³-hybridized carbons (Fsp3) is 0.423. The zero-order valence-electron chi connectivity index (χ0n) is 19.6. The molecule has 3 aromatic rings. The number of allylic oxidation sites excluding steroid dienone is 1. The number of dihydropyridines is 1. The lowest BCUT2D eigenvalue weighted by molar-refractivity contribution is -0.158. The second-order valence-corrected chi connectivity index (χ2v) is 10.1. The fourth-order valence-corrected chi connectivity index (χ4v) is 5.95. The van der Waals surface area contributed by atoms with Gasteiger partial charge in [-0.05, 0) is 59.5 Å². The highest BCUT2D eigenvalue weighted by Gasteiger charge is 2.33. The molecule has 1 fully saturated rings. The molecule has 2 atom stereocenters. The van der Waals surface area contributed by atoms with Gasteiger partial charge in [0.1, 0.15) is 11.9 Å². The summed E-state index contributed by atoms with van der Waals surface area (Å²) < 4.78 is 7.77. The van der Waals surface area contributed by atoms with Gasteiger partial charge in [0.05, 0.1) is 22.4 Å². The number of nitrogens with two attached hydrogens (primary N) is 1. The molecule has 1 aliphatic heterocycles. The Balaban J connectivity index is 1.40. The fourth-order valence-electron chi connectivity index (χ4n) is 5.37. The molecule has 1 aromatic carbocycles. The van der Waals surface area contributed by atoms with Gasteiger partial charge in [0.15, 0.2) is 11.9 Å². The number of ether oxygens (including phenoxy) is 1. The standard InChI is InChI=1S/C26H30BrN5O3/c1-35-23(26(33)34)17-9-7-16(8-10-17)22-21(27)24(28)32-25(31-22)19(14-30-32)18-11-12-20(29-13-18)15-5-3-2-4-6-15/h2-6,11,13-14,16-17,20,23,26,33-34H,7-10,12,28H2,1H3. The van der Waals surface area contributed by atoms with E-state index >= 15 is 0 Å². The maximum Gasteiger partial charge on any atom is 0.178 e. The molecule has 8 nitrogen and oxygen atoms in total. The summed E-state index contributed by atoms with van der Waals surface area (Å²) in [5, 5.41) is 23.8. The van der Waals surface area contributed by atoms with Crippen molar-refractivity contribution < 1.29 is 14.9 Å². The number of rotatable bonds is 6. The zero-order chi connectivity index (χ0) is 24.5. The molecular formula is C26H30BrN5O3. The van der Waals surface area contributed by atoms with Crippen molar-refractivity contribution in [3.63, 3.8) is 0 Å². The van der Waals surface area contributed by atoms with Crippen molar-refractivity contribution in [2.45, 2.75) is 56.5 Å². The SMILES string of the molecule is COC(C(O)O)C1CCC(c2nc3c(C4=CCC(c5ccccc5)N=C4)cnn3c(N)c2Br)CC1. The number of fused-ring (bicyclic) bond motifs is 1. The number of nitrogen functional groups attached to an aromatic ring is 1. The van der Waals surface area contributed by atoms with Crippen LogP contribution in [0.1, 0.15) is 60.9 Å². The van der Waals surface area contributed by atoms with E-state index in [-0.39, 0.29) is 17.9 Å². The van der Waals surface area contributed by atoms with Crippen LogP contribution in [0, 0.1) is 5.92 Å². The van der Waals surface area contributed by atoms with Crippen molar-refractivity contribution >= 4 is 39.2 Å². The summed E-state index contributed by atoms with van der Waals surface area (Å²) in [6.07, 6.45) is 8.06. The number of methoxy groups -OCH3 is 1. The molecule has 4 N–H and O–H groups in total. The van der Waals surface area contributed by atoms with E-state index in [1.165, 1.54) is 12.7 Å². The van der Waals surface area contributed by atoms with E-state index in [9.17, 15) is 10.2 Å². The van der Waals surface area contributed by atoms with E-state index in [0.717, 1.165) is 59.1 Å². The number of hydrogen-bond donors (Lipinski definition) is 3. The Kier molecular flexibility index (Phi) is 7.02. The summed E-state index contributed by atoms with van der Waals surface area (Å²) in [7, 11) is 1.52. The number of aromatic nitrogens is 3. The van der Waals surface area contributed by atoms with Crippen molar-refractivity contribution in [1.29, 1.82) is 0 Å². The molecule has 0 bridgehead atoms. The minimum Gasteiger partial charge on any atom is -0.383 e. The Labute approximate surface area is 212 Å². The molecule has 9 heteroatoms.